The molecule has 168 valence electrons. The summed E-state index contributed by atoms with van der Waals surface area (Å²) in [7, 11) is 1.60. The second kappa shape index (κ2) is 12.0. The van der Waals surface area contributed by atoms with Crippen molar-refractivity contribution < 1.29 is 19.1 Å². The van der Waals surface area contributed by atoms with E-state index in [9.17, 15) is 9.59 Å². The summed E-state index contributed by atoms with van der Waals surface area (Å²) in [4.78, 5) is 27.6. The summed E-state index contributed by atoms with van der Waals surface area (Å²) in [6.45, 7) is 8.62. The molecule has 0 saturated carbocycles. The summed E-state index contributed by atoms with van der Waals surface area (Å²) in [5.74, 6) is 0.975. The maximum Gasteiger partial charge on any atom is 0.261 e. The smallest absolute Gasteiger partial charge is 0.261 e. The molecule has 1 atom stereocenters. The number of aryl methyl sites for hydroxylation is 2. The van der Waals surface area contributed by atoms with Gasteiger partial charge in [-0.3, -0.25) is 9.59 Å². The monoisotopic (exact) mass is 426 g/mol. The number of carbonyl (C=O) groups excluding carboxylic acids is 2. The number of nitrogens with zero attached hydrogens (tertiary/aromatic N) is 1. The topological polar surface area (TPSA) is 67.9 Å². The average Bonchev–Trinajstić information content (AvgIpc) is 2.75. The van der Waals surface area contributed by atoms with E-state index < -0.39 is 6.04 Å². The molecule has 2 aromatic carbocycles. The van der Waals surface area contributed by atoms with Gasteiger partial charge in [-0.05, 0) is 67.6 Å². The highest BCUT2D eigenvalue weighted by Gasteiger charge is 2.28. The van der Waals surface area contributed by atoms with E-state index in [1.54, 1.807) is 12.0 Å². The summed E-state index contributed by atoms with van der Waals surface area (Å²) in [6.07, 6.45) is 1.34. The van der Waals surface area contributed by atoms with E-state index in [1.165, 1.54) is 0 Å². The number of nitrogens with one attached hydrogen (secondary N) is 1. The zero-order valence-electron chi connectivity index (χ0n) is 19.2. The zero-order chi connectivity index (χ0) is 22.8. The summed E-state index contributed by atoms with van der Waals surface area (Å²) in [6, 6.07) is 12.8. The summed E-state index contributed by atoms with van der Waals surface area (Å²) in [5.41, 5.74) is 3.03. The van der Waals surface area contributed by atoms with Crippen LogP contribution in [0, 0.1) is 13.8 Å². The molecule has 2 rings (SSSR count). The van der Waals surface area contributed by atoms with Crippen LogP contribution in [0.2, 0.25) is 0 Å². The van der Waals surface area contributed by atoms with Crippen LogP contribution in [-0.4, -0.2) is 43.0 Å². The lowest BCUT2D eigenvalue weighted by molar-refractivity contribution is -0.143. The number of carbonyl (C=O) groups is 2. The summed E-state index contributed by atoms with van der Waals surface area (Å²) < 4.78 is 11.1. The van der Waals surface area contributed by atoms with Crippen molar-refractivity contribution in [3.05, 3.63) is 59.2 Å². The van der Waals surface area contributed by atoms with E-state index >= 15 is 0 Å². The molecule has 6 heteroatoms. The lowest BCUT2D eigenvalue weighted by atomic mass is 10.1. The molecule has 0 aromatic heterocycles. The van der Waals surface area contributed by atoms with E-state index in [4.69, 9.17) is 9.47 Å². The first-order valence-corrected chi connectivity index (χ1v) is 10.8. The standard InChI is InChI=1S/C25H34N2O4/c1-6-11-26-25(29)23(7-2)27(16-20-9-8-10-21(15-20)30-5)24(28)17-31-22-13-18(3)12-19(4)14-22/h8-10,12-15,23H,6-7,11,16-17H2,1-5H3,(H,26,29). The van der Waals surface area contributed by atoms with Gasteiger partial charge < -0.3 is 19.7 Å². The van der Waals surface area contributed by atoms with Crippen molar-refractivity contribution in [1.29, 1.82) is 0 Å². The molecule has 6 nitrogen and oxygen atoms in total. The van der Waals surface area contributed by atoms with Gasteiger partial charge in [0.15, 0.2) is 6.61 Å². The Balaban J connectivity index is 2.23. The highest BCUT2D eigenvalue weighted by atomic mass is 16.5. The van der Waals surface area contributed by atoms with Crippen LogP contribution >= 0.6 is 0 Å². The van der Waals surface area contributed by atoms with Crippen molar-refractivity contribution in [3.8, 4) is 11.5 Å². The van der Waals surface area contributed by atoms with Gasteiger partial charge in [-0.25, -0.2) is 0 Å². The number of benzene rings is 2. The number of methoxy groups -OCH3 is 1. The largest absolute Gasteiger partial charge is 0.497 e. The number of hydrogen-bond donors (Lipinski definition) is 1. The van der Waals surface area contributed by atoms with Gasteiger partial charge in [0.05, 0.1) is 7.11 Å². The number of amides is 2. The van der Waals surface area contributed by atoms with Crippen LogP contribution in [0.5, 0.6) is 11.5 Å². The van der Waals surface area contributed by atoms with Gasteiger partial charge in [-0.15, -0.1) is 0 Å². The Morgan fingerprint density at radius 3 is 2.35 bits per heavy atom. The van der Waals surface area contributed by atoms with E-state index in [-0.39, 0.29) is 18.4 Å². The second-order valence-electron chi connectivity index (χ2n) is 7.70. The Morgan fingerprint density at radius 1 is 1.03 bits per heavy atom. The fourth-order valence-corrected chi connectivity index (χ4v) is 3.50. The molecule has 0 fully saturated rings. The Labute approximate surface area is 185 Å². The lowest BCUT2D eigenvalue weighted by Crippen LogP contribution is -2.50. The van der Waals surface area contributed by atoms with E-state index in [1.807, 2.05) is 64.1 Å². The number of ether oxygens (including phenoxy) is 2. The summed E-state index contributed by atoms with van der Waals surface area (Å²) >= 11 is 0. The van der Waals surface area contributed by atoms with Crippen molar-refractivity contribution >= 4 is 11.8 Å². The fraction of sp³-hybridized carbons (Fsp3) is 0.440. The molecule has 0 bridgehead atoms. The van der Waals surface area contributed by atoms with E-state index in [2.05, 4.69) is 11.4 Å². The van der Waals surface area contributed by atoms with E-state index in [0.717, 1.165) is 23.1 Å². The normalized spacial score (nSPS) is 11.5. The highest BCUT2D eigenvalue weighted by Crippen LogP contribution is 2.19. The molecule has 2 aromatic rings. The Bertz CT molecular complexity index is 861. The predicted octanol–water partition coefficient (Wildman–Crippen LogP) is 4.02. The quantitative estimate of drug-likeness (QED) is 0.589. The molecule has 0 saturated heterocycles. The van der Waals surface area contributed by atoms with Crippen LogP contribution in [0.3, 0.4) is 0 Å². The minimum Gasteiger partial charge on any atom is -0.497 e. The molecular formula is C25H34N2O4. The van der Waals surface area contributed by atoms with Crippen LogP contribution in [0.25, 0.3) is 0 Å². The van der Waals surface area contributed by atoms with Gasteiger partial charge in [0.25, 0.3) is 5.91 Å². The molecule has 1 N–H and O–H groups in total. The van der Waals surface area contributed by atoms with Crippen LogP contribution in [0.1, 0.15) is 43.4 Å². The van der Waals surface area contributed by atoms with Gasteiger partial charge in [0.2, 0.25) is 5.91 Å². The zero-order valence-corrected chi connectivity index (χ0v) is 19.2. The van der Waals surface area contributed by atoms with Gasteiger partial charge in [-0.2, -0.15) is 0 Å². The molecule has 0 aliphatic heterocycles. The molecule has 0 aliphatic rings. The molecular weight excluding hydrogens is 392 g/mol. The van der Waals surface area contributed by atoms with Gasteiger partial charge in [-0.1, -0.05) is 32.0 Å². The SMILES string of the molecule is CCCNC(=O)C(CC)N(Cc1cccc(OC)c1)C(=O)COc1cc(C)cc(C)c1. The van der Waals surface area contributed by atoms with Crippen molar-refractivity contribution in [2.75, 3.05) is 20.3 Å². The molecule has 2 amide bonds. The third-order valence-electron chi connectivity index (χ3n) is 4.98. The third-order valence-corrected chi connectivity index (χ3v) is 4.98. The number of hydrogen-bond acceptors (Lipinski definition) is 4. The van der Waals surface area contributed by atoms with Crippen LogP contribution < -0.4 is 14.8 Å². The molecule has 1 unspecified atom stereocenters. The minimum absolute atomic E-state index is 0.135. The van der Waals surface area contributed by atoms with Gasteiger partial charge in [0, 0.05) is 13.1 Å². The number of rotatable bonds is 11. The maximum atomic E-state index is 13.2. The first-order valence-electron chi connectivity index (χ1n) is 10.8. The van der Waals surface area contributed by atoms with E-state index in [0.29, 0.717) is 31.0 Å². The van der Waals surface area contributed by atoms with Crippen molar-refractivity contribution in [3.63, 3.8) is 0 Å². The predicted molar refractivity (Wildman–Crippen MR) is 122 cm³/mol. The van der Waals surface area contributed by atoms with Crippen molar-refractivity contribution in [2.24, 2.45) is 0 Å². The molecule has 0 radical (unpaired) electrons. The molecule has 0 spiro atoms. The minimum atomic E-state index is -0.576. The highest BCUT2D eigenvalue weighted by molar-refractivity contribution is 5.88. The van der Waals surface area contributed by atoms with Crippen LogP contribution in [0.15, 0.2) is 42.5 Å². The van der Waals surface area contributed by atoms with Crippen LogP contribution in [0.4, 0.5) is 0 Å². The molecule has 31 heavy (non-hydrogen) atoms. The van der Waals surface area contributed by atoms with Crippen LogP contribution in [-0.2, 0) is 16.1 Å². The van der Waals surface area contributed by atoms with Gasteiger partial charge >= 0.3 is 0 Å². The summed E-state index contributed by atoms with van der Waals surface area (Å²) in [5, 5.41) is 2.92. The van der Waals surface area contributed by atoms with Crippen molar-refractivity contribution in [1.82, 2.24) is 10.2 Å². The molecule has 0 heterocycles. The average molecular weight is 427 g/mol. The van der Waals surface area contributed by atoms with Crippen molar-refractivity contribution in [2.45, 2.75) is 53.1 Å². The second-order valence-corrected chi connectivity index (χ2v) is 7.70. The Morgan fingerprint density at radius 2 is 1.74 bits per heavy atom. The first kappa shape index (κ1) is 24.3. The first-order chi connectivity index (χ1) is 14.9. The Hall–Kier alpha value is -3.02. The Kier molecular flexibility index (Phi) is 9.38. The lowest BCUT2D eigenvalue weighted by Gasteiger charge is -2.30. The fourth-order valence-electron chi connectivity index (χ4n) is 3.50. The van der Waals surface area contributed by atoms with Gasteiger partial charge in [0.1, 0.15) is 17.5 Å². The third kappa shape index (κ3) is 7.31. The molecule has 0 aliphatic carbocycles. The maximum absolute atomic E-state index is 13.2.